The molecule has 0 aliphatic heterocycles. The first-order valence-electron chi connectivity index (χ1n) is 5.56. The van der Waals surface area contributed by atoms with Crippen LogP contribution in [0.4, 0.5) is 5.69 Å². The summed E-state index contributed by atoms with van der Waals surface area (Å²) in [7, 11) is 0. The summed E-state index contributed by atoms with van der Waals surface area (Å²) in [6, 6.07) is 7.07. The Balaban J connectivity index is 2.40. The number of aliphatic carboxylic acids is 1. The summed E-state index contributed by atoms with van der Waals surface area (Å²) >= 11 is 9.22. The van der Waals surface area contributed by atoms with Gasteiger partial charge in [0.25, 0.3) is 0 Å². The normalized spacial score (nSPS) is 10.3. The number of anilines is 1. The van der Waals surface area contributed by atoms with Crippen LogP contribution in [0.3, 0.4) is 0 Å². The topological polar surface area (TPSA) is 84.1 Å². The summed E-state index contributed by atoms with van der Waals surface area (Å²) in [5.74, 6) is -0.961. The molecule has 0 bridgehead atoms. The molecule has 0 radical (unpaired) electrons. The number of carbonyl (C=O) groups is 1. The zero-order chi connectivity index (χ0) is 14.7. The van der Waals surface area contributed by atoms with Gasteiger partial charge in [-0.25, -0.2) is 0 Å². The van der Waals surface area contributed by atoms with Gasteiger partial charge in [0.05, 0.1) is 10.7 Å². The monoisotopic (exact) mass is 309 g/mol. The van der Waals surface area contributed by atoms with E-state index in [0.717, 1.165) is 0 Å². The number of nitrogens with zero attached hydrogens (tertiary/aromatic N) is 5. The summed E-state index contributed by atoms with van der Waals surface area (Å²) in [5, 5.41) is 20.3. The predicted molar refractivity (Wildman–Crippen MR) is 79.7 cm³/mol. The molecule has 0 aliphatic carbocycles. The number of thiol groups is 1. The third-order valence-corrected chi connectivity index (χ3v) is 3.01. The molecule has 0 amide bonds. The summed E-state index contributed by atoms with van der Waals surface area (Å²) in [6.45, 7) is 1.47. The van der Waals surface area contributed by atoms with Gasteiger partial charge in [0, 0.05) is 5.69 Å². The van der Waals surface area contributed by atoms with Gasteiger partial charge < -0.3 is 10.0 Å². The fourth-order valence-corrected chi connectivity index (χ4v) is 2.03. The van der Waals surface area contributed by atoms with Gasteiger partial charge in [-0.1, -0.05) is 18.3 Å². The first-order chi connectivity index (χ1) is 9.49. The van der Waals surface area contributed by atoms with Gasteiger partial charge >= 0.3 is 5.97 Å². The largest absolute Gasteiger partial charge is 0.480 e. The number of aromatic nitrogens is 4. The highest BCUT2D eigenvalue weighted by atomic mass is 32.1. The number of carboxylic acids is 1. The SMILES string of the molecule is CC(=S)N(CC(=O)O)c1cccc(-n2nnnc2S)c1. The van der Waals surface area contributed by atoms with Gasteiger partial charge in [0.2, 0.25) is 5.16 Å². The molecule has 0 saturated carbocycles. The van der Waals surface area contributed by atoms with Crippen molar-refractivity contribution in [2.75, 3.05) is 11.4 Å². The van der Waals surface area contributed by atoms with E-state index in [2.05, 4.69) is 28.2 Å². The number of rotatable bonds is 4. The summed E-state index contributed by atoms with van der Waals surface area (Å²) in [4.78, 5) is 12.9. The molecule has 7 nitrogen and oxygen atoms in total. The number of carboxylic acid groups (broad SMARTS) is 1. The second kappa shape index (κ2) is 5.97. The third kappa shape index (κ3) is 3.11. The van der Waals surface area contributed by atoms with E-state index in [1.165, 1.54) is 9.58 Å². The van der Waals surface area contributed by atoms with Crippen LogP contribution in [0.15, 0.2) is 29.4 Å². The molecular formula is C11H11N5O2S2. The van der Waals surface area contributed by atoms with Crippen LogP contribution in [-0.2, 0) is 4.79 Å². The highest BCUT2D eigenvalue weighted by molar-refractivity contribution is 7.80. The van der Waals surface area contributed by atoms with Crippen LogP contribution in [0, 0.1) is 0 Å². The molecule has 0 fully saturated rings. The van der Waals surface area contributed by atoms with Gasteiger partial charge in [-0.05, 0) is 35.5 Å². The van der Waals surface area contributed by atoms with Crippen molar-refractivity contribution >= 4 is 41.5 Å². The average molecular weight is 309 g/mol. The Kier molecular flexibility index (Phi) is 4.30. The lowest BCUT2D eigenvalue weighted by Gasteiger charge is -2.21. The van der Waals surface area contributed by atoms with E-state index in [0.29, 0.717) is 21.5 Å². The van der Waals surface area contributed by atoms with E-state index in [9.17, 15) is 4.79 Å². The number of hydrogen-bond donors (Lipinski definition) is 2. The Labute approximate surface area is 125 Å². The van der Waals surface area contributed by atoms with Crippen molar-refractivity contribution in [1.82, 2.24) is 20.2 Å². The van der Waals surface area contributed by atoms with Crippen molar-refractivity contribution < 1.29 is 9.90 Å². The Morgan fingerprint density at radius 3 is 2.85 bits per heavy atom. The molecule has 0 aliphatic rings. The molecule has 0 unspecified atom stereocenters. The lowest BCUT2D eigenvalue weighted by molar-refractivity contribution is -0.135. The first kappa shape index (κ1) is 14.4. The Hall–Kier alpha value is -2.00. The molecule has 1 aromatic heterocycles. The van der Waals surface area contributed by atoms with Gasteiger partial charge in [-0.15, -0.1) is 17.7 Å². The standard InChI is InChI=1S/C11H11N5O2S2/c1-7(19)15(6-10(17)18)8-3-2-4-9(5-8)16-11(20)12-13-14-16/h2-5H,6H2,1H3,(H,17,18)(H,12,14,20). The fourth-order valence-electron chi connectivity index (χ4n) is 1.66. The van der Waals surface area contributed by atoms with Crippen LogP contribution in [0.1, 0.15) is 6.92 Å². The van der Waals surface area contributed by atoms with E-state index < -0.39 is 5.97 Å². The van der Waals surface area contributed by atoms with Crippen LogP contribution in [-0.4, -0.2) is 42.8 Å². The molecular weight excluding hydrogens is 298 g/mol. The summed E-state index contributed by atoms with van der Waals surface area (Å²) in [6.07, 6.45) is 0. The van der Waals surface area contributed by atoms with E-state index in [1.807, 2.05) is 0 Å². The minimum atomic E-state index is -0.961. The minimum absolute atomic E-state index is 0.206. The first-order valence-corrected chi connectivity index (χ1v) is 6.42. The van der Waals surface area contributed by atoms with Crippen molar-refractivity contribution in [2.24, 2.45) is 0 Å². The van der Waals surface area contributed by atoms with E-state index in [4.69, 9.17) is 17.3 Å². The van der Waals surface area contributed by atoms with E-state index >= 15 is 0 Å². The number of tetrazole rings is 1. The highest BCUT2D eigenvalue weighted by Gasteiger charge is 2.14. The number of hydrogen-bond acceptors (Lipinski definition) is 6. The summed E-state index contributed by atoms with van der Waals surface area (Å²) < 4.78 is 1.43. The summed E-state index contributed by atoms with van der Waals surface area (Å²) in [5.41, 5.74) is 1.32. The zero-order valence-electron chi connectivity index (χ0n) is 10.5. The number of benzene rings is 1. The van der Waals surface area contributed by atoms with Crippen LogP contribution in [0.2, 0.25) is 0 Å². The fraction of sp³-hybridized carbons (Fsp3) is 0.182. The van der Waals surface area contributed by atoms with Crippen molar-refractivity contribution in [3.63, 3.8) is 0 Å². The highest BCUT2D eigenvalue weighted by Crippen LogP contribution is 2.20. The quantitative estimate of drug-likeness (QED) is 0.648. The van der Waals surface area contributed by atoms with Crippen LogP contribution in [0.25, 0.3) is 5.69 Å². The molecule has 2 rings (SSSR count). The Bertz CT molecular complexity index is 658. The van der Waals surface area contributed by atoms with Crippen molar-refractivity contribution in [3.05, 3.63) is 24.3 Å². The van der Waals surface area contributed by atoms with Gasteiger partial charge in [-0.3, -0.25) is 4.79 Å². The molecule has 20 heavy (non-hydrogen) atoms. The van der Waals surface area contributed by atoms with Gasteiger partial charge in [-0.2, -0.15) is 4.68 Å². The van der Waals surface area contributed by atoms with Gasteiger partial charge in [0.1, 0.15) is 6.54 Å². The second-order valence-electron chi connectivity index (χ2n) is 3.91. The van der Waals surface area contributed by atoms with Crippen LogP contribution >= 0.6 is 24.8 Å². The predicted octanol–water partition coefficient (Wildman–Crippen LogP) is 1.19. The Morgan fingerprint density at radius 1 is 1.55 bits per heavy atom. The average Bonchev–Trinajstić information content (AvgIpc) is 2.82. The maximum atomic E-state index is 10.9. The second-order valence-corrected chi connectivity index (χ2v) is 4.90. The number of thiocarbonyl (C=S) groups is 1. The molecule has 1 heterocycles. The maximum absolute atomic E-state index is 10.9. The molecule has 9 heteroatoms. The Morgan fingerprint density at radius 2 is 2.30 bits per heavy atom. The van der Waals surface area contributed by atoms with Crippen molar-refractivity contribution in [1.29, 1.82) is 0 Å². The third-order valence-electron chi connectivity index (χ3n) is 2.51. The molecule has 0 spiro atoms. The molecule has 2 aromatic rings. The van der Waals surface area contributed by atoms with E-state index in [-0.39, 0.29) is 6.54 Å². The van der Waals surface area contributed by atoms with Crippen molar-refractivity contribution in [3.8, 4) is 5.69 Å². The molecule has 1 aromatic carbocycles. The lowest BCUT2D eigenvalue weighted by atomic mass is 10.2. The van der Waals surface area contributed by atoms with Gasteiger partial charge in [0.15, 0.2) is 0 Å². The van der Waals surface area contributed by atoms with Crippen molar-refractivity contribution in [2.45, 2.75) is 12.1 Å². The van der Waals surface area contributed by atoms with E-state index in [1.54, 1.807) is 31.2 Å². The lowest BCUT2D eigenvalue weighted by Crippen LogP contribution is -2.32. The molecule has 104 valence electrons. The minimum Gasteiger partial charge on any atom is -0.480 e. The maximum Gasteiger partial charge on any atom is 0.323 e. The molecule has 0 saturated heterocycles. The smallest absolute Gasteiger partial charge is 0.323 e. The van der Waals surface area contributed by atoms with Crippen LogP contribution < -0.4 is 4.90 Å². The zero-order valence-corrected chi connectivity index (χ0v) is 12.2. The molecule has 1 N–H and O–H groups in total. The molecule has 0 atom stereocenters. The van der Waals surface area contributed by atoms with Crippen LogP contribution in [0.5, 0.6) is 0 Å².